The predicted octanol–water partition coefficient (Wildman–Crippen LogP) is 9.10. The molecule has 2 aromatic rings. The van der Waals surface area contributed by atoms with Crippen LogP contribution < -0.4 is 0 Å². The number of nitriles is 1. The minimum atomic E-state index is -0.352. The molecule has 0 spiro atoms. The Labute approximate surface area is 218 Å². The van der Waals surface area contributed by atoms with Gasteiger partial charge in [0.25, 0.3) is 0 Å². The van der Waals surface area contributed by atoms with Gasteiger partial charge in [-0.15, -0.1) is 0 Å². The van der Waals surface area contributed by atoms with Crippen LogP contribution in [-0.4, -0.2) is 12.6 Å². The number of carbonyl (C=O) groups is 1. The summed E-state index contributed by atoms with van der Waals surface area (Å²) in [6.45, 7) is 8.42. The van der Waals surface area contributed by atoms with E-state index in [0.29, 0.717) is 18.4 Å². The van der Waals surface area contributed by atoms with Gasteiger partial charge in [0, 0.05) is 6.08 Å². The van der Waals surface area contributed by atoms with E-state index < -0.39 is 0 Å². The second kappa shape index (κ2) is 14.0. The molecule has 0 amide bonds. The highest BCUT2D eigenvalue weighted by Gasteiger charge is 2.36. The first-order valence-corrected chi connectivity index (χ1v) is 13.9. The summed E-state index contributed by atoms with van der Waals surface area (Å²) in [7, 11) is 0. The maximum Gasteiger partial charge on any atom is 0.330 e. The van der Waals surface area contributed by atoms with E-state index in [1.165, 1.54) is 47.6 Å². The second-order valence-electron chi connectivity index (χ2n) is 10.7. The number of carbonyl (C=O) groups excluding carboxylic acids is 1. The van der Waals surface area contributed by atoms with Crippen LogP contribution in [0.15, 0.2) is 61.2 Å². The number of benzene rings is 2. The molecule has 1 aliphatic carbocycles. The summed E-state index contributed by atoms with van der Waals surface area (Å²) in [6, 6.07) is 20.8. The zero-order chi connectivity index (χ0) is 25.8. The number of unbranched alkanes of at least 4 members (excludes halogenated alkanes) is 3. The van der Waals surface area contributed by atoms with Crippen LogP contribution in [0.3, 0.4) is 0 Å². The quantitative estimate of drug-likeness (QED) is 0.161. The molecular formula is C33H43NO2. The lowest BCUT2D eigenvalue weighted by Gasteiger charge is -2.36. The highest BCUT2D eigenvalue weighted by Crippen LogP contribution is 2.46. The molecule has 0 heterocycles. The fourth-order valence-corrected chi connectivity index (χ4v) is 5.73. The molecule has 3 heteroatoms. The molecule has 1 aliphatic rings. The Kier molecular flexibility index (Phi) is 10.8. The van der Waals surface area contributed by atoms with E-state index in [2.05, 4.69) is 75.0 Å². The van der Waals surface area contributed by atoms with E-state index >= 15 is 0 Å². The van der Waals surface area contributed by atoms with Crippen LogP contribution in [0.25, 0.3) is 11.1 Å². The maximum absolute atomic E-state index is 11.1. The third kappa shape index (κ3) is 7.82. The minimum absolute atomic E-state index is 0.206. The molecule has 192 valence electrons. The Morgan fingerprint density at radius 2 is 1.78 bits per heavy atom. The van der Waals surface area contributed by atoms with Crippen molar-refractivity contribution in [1.82, 2.24) is 0 Å². The Balaban J connectivity index is 1.53. The highest BCUT2D eigenvalue weighted by atomic mass is 16.5. The zero-order valence-electron chi connectivity index (χ0n) is 22.3. The normalized spacial score (nSPS) is 20.3. The topological polar surface area (TPSA) is 50.1 Å². The summed E-state index contributed by atoms with van der Waals surface area (Å²) in [4.78, 5) is 11.1. The molecule has 0 bridgehead atoms. The van der Waals surface area contributed by atoms with Crippen molar-refractivity contribution >= 4 is 5.97 Å². The van der Waals surface area contributed by atoms with Crippen molar-refractivity contribution in [2.45, 2.75) is 96.3 Å². The molecule has 0 saturated heterocycles. The largest absolute Gasteiger partial charge is 0.463 e. The Bertz CT molecular complexity index is 1000. The lowest BCUT2D eigenvalue weighted by molar-refractivity contribution is -0.137. The van der Waals surface area contributed by atoms with Crippen LogP contribution in [0.4, 0.5) is 0 Å². The summed E-state index contributed by atoms with van der Waals surface area (Å²) in [5.41, 5.74) is 5.11. The number of rotatable bonds is 13. The van der Waals surface area contributed by atoms with Crippen LogP contribution in [0.1, 0.15) is 107 Å². The van der Waals surface area contributed by atoms with E-state index in [1.54, 1.807) is 0 Å². The molecule has 0 N–H and O–H groups in total. The fourth-order valence-electron chi connectivity index (χ4n) is 5.73. The number of hydrogen-bond donors (Lipinski definition) is 0. The zero-order valence-corrected chi connectivity index (χ0v) is 22.3. The smallest absolute Gasteiger partial charge is 0.330 e. The average Bonchev–Trinajstić information content (AvgIpc) is 2.93. The molecule has 36 heavy (non-hydrogen) atoms. The van der Waals surface area contributed by atoms with Crippen molar-refractivity contribution in [2.75, 3.05) is 6.61 Å². The number of hydrogen-bond acceptors (Lipinski definition) is 3. The summed E-state index contributed by atoms with van der Waals surface area (Å²) in [6.07, 6.45) is 12.9. The van der Waals surface area contributed by atoms with Crippen molar-refractivity contribution in [3.63, 3.8) is 0 Å². The Morgan fingerprint density at radius 3 is 2.42 bits per heavy atom. The second-order valence-corrected chi connectivity index (χ2v) is 10.7. The average molecular weight is 486 g/mol. The summed E-state index contributed by atoms with van der Waals surface area (Å²) in [5, 5.41) is 10.1. The first-order chi connectivity index (χ1) is 17.5. The molecule has 3 rings (SSSR count). The van der Waals surface area contributed by atoms with Crippen LogP contribution in [0.5, 0.6) is 0 Å². The van der Waals surface area contributed by atoms with Crippen molar-refractivity contribution in [1.29, 1.82) is 5.26 Å². The number of ether oxygens (including phenoxy) is 1. The summed E-state index contributed by atoms with van der Waals surface area (Å²) in [5.74, 6) is 0.720. The van der Waals surface area contributed by atoms with Gasteiger partial charge in [0.2, 0.25) is 0 Å². The SMILES string of the molecule is C=CC(=O)OCCCCCCC1(C#N)CCCC(c2ccc(-c3ccc(C(C)CCC)cc3)cc2)C1. The number of nitrogens with zero attached hydrogens (tertiary/aromatic N) is 1. The molecule has 0 aliphatic heterocycles. The third-order valence-electron chi connectivity index (χ3n) is 7.96. The summed E-state index contributed by atoms with van der Waals surface area (Å²) < 4.78 is 5.04. The van der Waals surface area contributed by atoms with Gasteiger partial charge in [-0.05, 0) is 72.6 Å². The van der Waals surface area contributed by atoms with Crippen molar-refractivity contribution in [3.05, 3.63) is 72.3 Å². The van der Waals surface area contributed by atoms with E-state index in [9.17, 15) is 10.1 Å². The van der Waals surface area contributed by atoms with Crippen LogP contribution in [0, 0.1) is 16.7 Å². The third-order valence-corrected chi connectivity index (χ3v) is 7.96. The molecule has 3 nitrogen and oxygen atoms in total. The van der Waals surface area contributed by atoms with Crippen LogP contribution in [0.2, 0.25) is 0 Å². The van der Waals surface area contributed by atoms with Crippen LogP contribution >= 0.6 is 0 Å². The van der Waals surface area contributed by atoms with Gasteiger partial charge in [-0.25, -0.2) is 4.79 Å². The molecule has 1 fully saturated rings. The highest BCUT2D eigenvalue weighted by molar-refractivity contribution is 5.81. The van der Waals surface area contributed by atoms with E-state index in [-0.39, 0.29) is 11.4 Å². The molecule has 3 atom stereocenters. The molecule has 0 aromatic heterocycles. The lowest BCUT2D eigenvalue weighted by atomic mass is 9.66. The molecule has 1 saturated carbocycles. The lowest BCUT2D eigenvalue weighted by Crippen LogP contribution is -2.26. The van der Waals surface area contributed by atoms with Gasteiger partial charge >= 0.3 is 5.97 Å². The van der Waals surface area contributed by atoms with E-state index in [4.69, 9.17) is 4.74 Å². The van der Waals surface area contributed by atoms with Gasteiger partial charge < -0.3 is 4.74 Å². The first-order valence-electron chi connectivity index (χ1n) is 13.9. The number of esters is 1. The van der Waals surface area contributed by atoms with E-state index in [1.807, 2.05) is 0 Å². The molecule has 2 aromatic carbocycles. The first kappa shape index (κ1) is 27.7. The van der Waals surface area contributed by atoms with Crippen molar-refractivity contribution in [3.8, 4) is 17.2 Å². The van der Waals surface area contributed by atoms with Gasteiger partial charge in [0.15, 0.2) is 0 Å². The Hall–Kier alpha value is -2.86. The summed E-state index contributed by atoms with van der Waals surface area (Å²) >= 11 is 0. The standard InChI is InChI=1S/C33H43NO2/c1-4-11-26(3)27-13-15-28(16-14-27)29-17-19-30(20-18-29)31-12-10-22-33(24-31,25-34)21-8-6-7-9-23-36-32(35)5-2/h5,13-20,26,31H,2,4,6-12,21-24H2,1,3H3. The molecular weight excluding hydrogens is 442 g/mol. The molecule has 0 radical (unpaired) electrons. The fraction of sp³-hybridized carbons (Fsp3) is 0.515. The predicted molar refractivity (Wildman–Crippen MR) is 149 cm³/mol. The van der Waals surface area contributed by atoms with Gasteiger partial charge in [-0.1, -0.05) is 101 Å². The van der Waals surface area contributed by atoms with Crippen molar-refractivity contribution in [2.24, 2.45) is 5.41 Å². The monoisotopic (exact) mass is 485 g/mol. The van der Waals surface area contributed by atoms with Gasteiger partial charge in [0.1, 0.15) is 0 Å². The van der Waals surface area contributed by atoms with E-state index in [0.717, 1.165) is 51.4 Å². The Morgan fingerprint density at radius 1 is 1.11 bits per heavy atom. The van der Waals surface area contributed by atoms with Gasteiger partial charge in [0.05, 0.1) is 18.1 Å². The van der Waals surface area contributed by atoms with Gasteiger partial charge in [-0.3, -0.25) is 0 Å². The maximum atomic E-state index is 11.1. The van der Waals surface area contributed by atoms with Gasteiger partial charge in [-0.2, -0.15) is 5.26 Å². The van der Waals surface area contributed by atoms with Crippen molar-refractivity contribution < 1.29 is 9.53 Å². The minimum Gasteiger partial charge on any atom is -0.463 e. The molecule has 3 unspecified atom stereocenters. The van der Waals surface area contributed by atoms with Crippen LogP contribution in [-0.2, 0) is 9.53 Å².